The fraction of sp³-hybridized carbons (Fsp3) is 0.207. The number of carbonyl (C=O) groups is 1. The average molecular weight is 528 g/mol. The second-order valence-electron chi connectivity index (χ2n) is 8.96. The SMILES string of the molecule is COc1ccc(NC(=O)C2=C(C)Nc3nc(SCc4cccc(C)c4)nn3[C@@H]2c2ccc(OC)cc2)cc1. The summed E-state index contributed by atoms with van der Waals surface area (Å²) >= 11 is 1.56. The second-order valence-corrected chi connectivity index (χ2v) is 9.90. The molecule has 0 saturated heterocycles. The number of benzene rings is 3. The molecule has 9 heteroatoms. The zero-order valence-corrected chi connectivity index (χ0v) is 22.5. The zero-order valence-electron chi connectivity index (χ0n) is 21.7. The zero-order chi connectivity index (χ0) is 26.6. The number of carbonyl (C=O) groups excluding carboxylic acids is 1. The fourth-order valence-corrected chi connectivity index (χ4v) is 5.18. The Balaban J connectivity index is 1.47. The van der Waals surface area contributed by atoms with Crippen molar-refractivity contribution in [1.82, 2.24) is 14.8 Å². The molecule has 38 heavy (non-hydrogen) atoms. The number of fused-ring (bicyclic) bond motifs is 1. The number of rotatable bonds is 8. The highest BCUT2D eigenvalue weighted by Gasteiger charge is 2.34. The minimum atomic E-state index is -0.476. The number of hydrogen-bond donors (Lipinski definition) is 2. The molecule has 0 unspecified atom stereocenters. The Morgan fingerprint density at radius 2 is 1.68 bits per heavy atom. The van der Waals surface area contributed by atoms with Crippen molar-refractivity contribution in [3.05, 3.63) is 101 Å². The Bertz CT molecular complexity index is 1480. The Morgan fingerprint density at radius 3 is 2.34 bits per heavy atom. The van der Waals surface area contributed by atoms with E-state index >= 15 is 0 Å². The third kappa shape index (κ3) is 5.38. The molecule has 8 nitrogen and oxygen atoms in total. The second kappa shape index (κ2) is 11.0. The molecule has 3 aromatic carbocycles. The van der Waals surface area contributed by atoms with E-state index in [4.69, 9.17) is 19.6 Å². The molecule has 1 atom stereocenters. The minimum Gasteiger partial charge on any atom is -0.497 e. The molecule has 2 N–H and O–H groups in total. The van der Waals surface area contributed by atoms with Crippen LogP contribution in [0, 0.1) is 6.92 Å². The van der Waals surface area contributed by atoms with Gasteiger partial charge in [-0.2, -0.15) is 4.98 Å². The third-order valence-corrected chi connectivity index (χ3v) is 7.22. The Labute approximate surface area is 226 Å². The van der Waals surface area contributed by atoms with E-state index in [9.17, 15) is 4.79 Å². The lowest BCUT2D eigenvalue weighted by Gasteiger charge is -2.28. The van der Waals surface area contributed by atoms with Crippen molar-refractivity contribution >= 4 is 29.3 Å². The molecular weight excluding hydrogens is 498 g/mol. The number of thioether (sulfide) groups is 1. The number of methoxy groups -OCH3 is 2. The predicted molar refractivity (Wildman–Crippen MR) is 150 cm³/mol. The molecular formula is C29H29N5O3S. The maximum atomic E-state index is 13.7. The monoisotopic (exact) mass is 527 g/mol. The number of ether oxygens (including phenoxy) is 2. The summed E-state index contributed by atoms with van der Waals surface area (Å²) in [5.41, 5.74) is 5.26. The first-order valence-corrected chi connectivity index (χ1v) is 13.2. The van der Waals surface area contributed by atoms with Crippen LogP contribution in [-0.4, -0.2) is 34.9 Å². The summed E-state index contributed by atoms with van der Waals surface area (Å²) in [4.78, 5) is 18.4. The number of nitrogens with one attached hydrogen (secondary N) is 2. The average Bonchev–Trinajstić information content (AvgIpc) is 3.34. The van der Waals surface area contributed by atoms with Gasteiger partial charge in [0.15, 0.2) is 0 Å². The Kier molecular flexibility index (Phi) is 7.37. The predicted octanol–water partition coefficient (Wildman–Crippen LogP) is 5.82. The van der Waals surface area contributed by atoms with Gasteiger partial charge in [0.2, 0.25) is 11.1 Å². The normalized spacial score (nSPS) is 14.5. The first kappa shape index (κ1) is 25.4. The highest BCUT2D eigenvalue weighted by molar-refractivity contribution is 7.98. The van der Waals surface area contributed by atoms with Gasteiger partial charge in [0.05, 0.1) is 19.8 Å². The number of hydrogen-bond acceptors (Lipinski definition) is 7. The van der Waals surface area contributed by atoms with E-state index in [1.54, 1.807) is 30.7 Å². The molecule has 0 fully saturated rings. The minimum absolute atomic E-state index is 0.226. The van der Waals surface area contributed by atoms with Crippen molar-refractivity contribution in [3.8, 4) is 11.5 Å². The molecule has 0 radical (unpaired) electrons. The largest absolute Gasteiger partial charge is 0.497 e. The van der Waals surface area contributed by atoms with Gasteiger partial charge in [-0.1, -0.05) is 53.7 Å². The lowest BCUT2D eigenvalue weighted by Crippen LogP contribution is -2.31. The van der Waals surface area contributed by atoms with Gasteiger partial charge in [-0.05, 0) is 61.4 Å². The smallest absolute Gasteiger partial charge is 0.255 e. The lowest BCUT2D eigenvalue weighted by atomic mass is 9.95. The molecule has 0 spiro atoms. The number of aryl methyl sites for hydroxylation is 1. The van der Waals surface area contributed by atoms with Crippen LogP contribution in [0.5, 0.6) is 11.5 Å². The number of anilines is 2. The molecule has 0 aliphatic carbocycles. The van der Waals surface area contributed by atoms with Gasteiger partial charge < -0.3 is 20.1 Å². The van der Waals surface area contributed by atoms with Crippen LogP contribution in [0.15, 0.2) is 89.2 Å². The van der Waals surface area contributed by atoms with Gasteiger partial charge >= 0.3 is 0 Å². The highest BCUT2D eigenvalue weighted by Crippen LogP contribution is 2.37. The summed E-state index contributed by atoms with van der Waals surface area (Å²) in [5.74, 6) is 2.57. The van der Waals surface area contributed by atoms with Crippen LogP contribution in [0.2, 0.25) is 0 Å². The third-order valence-electron chi connectivity index (χ3n) is 6.31. The molecule has 5 rings (SSSR count). The van der Waals surface area contributed by atoms with Gasteiger partial charge in [-0.15, -0.1) is 5.10 Å². The van der Waals surface area contributed by atoms with Gasteiger partial charge in [0.25, 0.3) is 5.91 Å². The van der Waals surface area contributed by atoms with Gasteiger partial charge in [0, 0.05) is 17.1 Å². The van der Waals surface area contributed by atoms with Crippen molar-refractivity contribution in [1.29, 1.82) is 0 Å². The number of allylic oxidation sites excluding steroid dienone is 1. The van der Waals surface area contributed by atoms with Crippen molar-refractivity contribution in [2.24, 2.45) is 0 Å². The summed E-state index contributed by atoms with van der Waals surface area (Å²) in [6.45, 7) is 3.97. The van der Waals surface area contributed by atoms with Crippen LogP contribution in [0.25, 0.3) is 0 Å². The van der Waals surface area contributed by atoms with E-state index in [-0.39, 0.29) is 5.91 Å². The standard InChI is InChI=1S/C29H29N5O3S/c1-18-6-5-7-20(16-18)17-38-29-32-28-30-19(2)25(27(35)31-22-10-14-24(37-4)15-11-22)26(34(28)33-29)21-8-12-23(36-3)13-9-21/h5-16,26H,17H2,1-4H3,(H,31,35)(H,30,32,33)/t26-/m1/s1. The lowest BCUT2D eigenvalue weighted by molar-refractivity contribution is -0.113. The number of aromatic nitrogens is 3. The van der Waals surface area contributed by atoms with Crippen molar-refractivity contribution in [2.75, 3.05) is 24.9 Å². The summed E-state index contributed by atoms with van der Waals surface area (Å²) in [7, 11) is 3.24. The molecule has 2 heterocycles. The maximum Gasteiger partial charge on any atom is 0.255 e. The van der Waals surface area contributed by atoms with Gasteiger partial charge in [-0.25, -0.2) is 4.68 Å². The molecule has 1 aromatic heterocycles. The quantitative estimate of drug-likeness (QED) is 0.279. The van der Waals surface area contributed by atoms with E-state index in [0.29, 0.717) is 28.1 Å². The maximum absolute atomic E-state index is 13.7. The van der Waals surface area contributed by atoms with Crippen LogP contribution in [0.3, 0.4) is 0 Å². The van der Waals surface area contributed by atoms with Crippen molar-refractivity contribution in [3.63, 3.8) is 0 Å². The summed E-state index contributed by atoms with van der Waals surface area (Å²) in [5, 5.41) is 11.8. The van der Waals surface area contributed by atoms with E-state index < -0.39 is 6.04 Å². The van der Waals surface area contributed by atoms with Crippen LogP contribution < -0.4 is 20.1 Å². The molecule has 1 amide bonds. The molecule has 194 valence electrons. The van der Waals surface area contributed by atoms with E-state index in [2.05, 4.69) is 41.8 Å². The van der Waals surface area contributed by atoms with Gasteiger partial charge in [0.1, 0.15) is 17.5 Å². The van der Waals surface area contributed by atoms with E-state index in [1.807, 2.05) is 55.5 Å². The van der Waals surface area contributed by atoms with E-state index in [1.165, 1.54) is 11.1 Å². The van der Waals surface area contributed by atoms with Crippen molar-refractivity contribution in [2.45, 2.75) is 30.8 Å². The molecule has 1 aliphatic heterocycles. The Hall–Kier alpha value is -4.24. The molecule has 0 bridgehead atoms. The summed E-state index contributed by atoms with van der Waals surface area (Å²) in [6.07, 6.45) is 0. The van der Waals surface area contributed by atoms with Crippen LogP contribution in [-0.2, 0) is 10.5 Å². The number of nitrogens with zero attached hydrogens (tertiary/aromatic N) is 3. The first-order valence-electron chi connectivity index (χ1n) is 12.2. The van der Waals surface area contributed by atoms with Crippen LogP contribution >= 0.6 is 11.8 Å². The summed E-state index contributed by atoms with van der Waals surface area (Å²) in [6, 6.07) is 22.8. The van der Waals surface area contributed by atoms with Crippen LogP contribution in [0.4, 0.5) is 11.6 Å². The summed E-state index contributed by atoms with van der Waals surface area (Å²) < 4.78 is 12.4. The molecule has 1 aliphatic rings. The number of amides is 1. The topological polar surface area (TPSA) is 90.3 Å². The highest BCUT2D eigenvalue weighted by atomic mass is 32.2. The Morgan fingerprint density at radius 1 is 1.00 bits per heavy atom. The van der Waals surface area contributed by atoms with Crippen LogP contribution in [0.1, 0.15) is 29.7 Å². The van der Waals surface area contributed by atoms with Crippen molar-refractivity contribution < 1.29 is 14.3 Å². The van der Waals surface area contributed by atoms with Gasteiger partial charge in [-0.3, -0.25) is 4.79 Å². The van der Waals surface area contributed by atoms with E-state index in [0.717, 1.165) is 22.8 Å². The molecule has 0 saturated carbocycles. The molecule has 4 aromatic rings. The fourth-order valence-electron chi connectivity index (χ4n) is 4.40. The first-order chi connectivity index (χ1) is 18.4.